The van der Waals surface area contributed by atoms with Gasteiger partial charge >= 0.3 is 5.97 Å². The van der Waals surface area contributed by atoms with Crippen LogP contribution in [0.2, 0.25) is 0 Å². The second-order valence-corrected chi connectivity index (χ2v) is 7.21. The average molecular weight is 450 g/mol. The van der Waals surface area contributed by atoms with Gasteiger partial charge in [0.25, 0.3) is 5.69 Å². The zero-order valence-electron chi connectivity index (χ0n) is 17.7. The lowest BCUT2D eigenvalue weighted by Crippen LogP contribution is -2.31. The molecule has 2 aromatic carbocycles. The molecule has 0 aromatic heterocycles. The smallest absolute Gasteiger partial charge is 0.308 e. The molecule has 0 heterocycles. The van der Waals surface area contributed by atoms with E-state index in [4.69, 9.17) is 9.47 Å². The van der Waals surface area contributed by atoms with Gasteiger partial charge in [-0.1, -0.05) is 18.2 Å². The van der Waals surface area contributed by atoms with E-state index in [1.54, 1.807) is 19.9 Å². The predicted molar refractivity (Wildman–Crippen MR) is 111 cm³/mol. The molecule has 1 N–H and O–H groups in total. The maximum Gasteiger partial charge on any atom is 0.308 e. The van der Waals surface area contributed by atoms with E-state index in [0.29, 0.717) is 6.07 Å². The number of nitrogens with zero attached hydrogens (tertiary/aromatic N) is 1. The van der Waals surface area contributed by atoms with Crippen LogP contribution in [0.15, 0.2) is 42.5 Å². The van der Waals surface area contributed by atoms with Crippen LogP contribution in [-0.4, -0.2) is 29.5 Å². The zero-order valence-corrected chi connectivity index (χ0v) is 17.7. The molecule has 0 saturated heterocycles. The lowest BCUT2D eigenvalue weighted by atomic mass is 10.0. The Hall–Kier alpha value is -3.56. The maximum atomic E-state index is 13.6. The summed E-state index contributed by atoms with van der Waals surface area (Å²) in [5.41, 5.74) is -0.0542. The number of carbonyl (C=O) groups excluding carboxylic acids is 2. The highest BCUT2D eigenvalue weighted by Crippen LogP contribution is 2.27. The Morgan fingerprint density at radius 3 is 2.53 bits per heavy atom. The molecular formula is C22H24F2N2O6. The Morgan fingerprint density at radius 2 is 1.88 bits per heavy atom. The second kappa shape index (κ2) is 11.7. The minimum Gasteiger partial charge on any atom is -0.491 e. The van der Waals surface area contributed by atoms with Gasteiger partial charge in [-0.2, -0.15) is 0 Å². The van der Waals surface area contributed by atoms with Crippen molar-refractivity contribution in [2.24, 2.45) is 0 Å². The number of benzene rings is 2. The molecular weight excluding hydrogens is 426 g/mol. The van der Waals surface area contributed by atoms with Crippen molar-refractivity contribution in [1.29, 1.82) is 0 Å². The van der Waals surface area contributed by atoms with Crippen LogP contribution >= 0.6 is 0 Å². The van der Waals surface area contributed by atoms with Crippen molar-refractivity contribution in [3.63, 3.8) is 0 Å². The molecule has 2 aromatic rings. The van der Waals surface area contributed by atoms with E-state index in [1.807, 2.05) is 0 Å². The van der Waals surface area contributed by atoms with Gasteiger partial charge in [0, 0.05) is 18.6 Å². The van der Waals surface area contributed by atoms with E-state index < -0.39 is 34.5 Å². The first-order valence-corrected chi connectivity index (χ1v) is 9.97. The number of ether oxygens (including phenoxy) is 2. The topological polar surface area (TPSA) is 108 Å². The first kappa shape index (κ1) is 24.7. The number of rotatable bonds is 11. The van der Waals surface area contributed by atoms with Crippen molar-refractivity contribution in [3.8, 4) is 5.75 Å². The minimum absolute atomic E-state index is 0.0124. The molecule has 0 radical (unpaired) electrons. The number of halogens is 2. The molecule has 0 spiro atoms. The van der Waals surface area contributed by atoms with Crippen molar-refractivity contribution >= 4 is 17.6 Å². The predicted octanol–water partition coefficient (Wildman–Crippen LogP) is 4.23. The molecule has 8 nitrogen and oxygen atoms in total. The molecule has 2 rings (SSSR count). The SMILES string of the molecule is CC(C)OC(=O)CC(NC(=O)CCCOc1ccc(F)cc1F)c1ccccc1[N+](=O)[O-]. The van der Waals surface area contributed by atoms with Crippen molar-refractivity contribution in [1.82, 2.24) is 5.32 Å². The number of para-hydroxylation sites is 1. The summed E-state index contributed by atoms with van der Waals surface area (Å²) < 4.78 is 36.8. The number of esters is 1. The van der Waals surface area contributed by atoms with Gasteiger partial charge in [-0.15, -0.1) is 0 Å². The van der Waals surface area contributed by atoms with Crippen LogP contribution in [0.1, 0.15) is 44.7 Å². The van der Waals surface area contributed by atoms with Gasteiger partial charge < -0.3 is 14.8 Å². The van der Waals surface area contributed by atoms with E-state index in [0.717, 1.165) is 12.1 Å². The van der Waals surface area contributed by atoms with Crippen LogP contribution in [0.25, 0.3) is 0 Å². The number of amides is 1. The van der Waals surface area contributed by atoms with Crippen LogP contribution < -0.4 is 10.1 Å². The molecule has 0 aliphatic carbocycles. The molecule has 0 saturated carbocycles. The van der Waals surface area contributed by atoms with Crippen molar-refractivity contribution < 1.29 is 32.8 Å². The fourth-order valence-electron chi connectivity index (χ4n) is 2.94. The second-order valence-electron chi connectivity index (χ2n) is 7.21. The number of nitro benzene ring substituents is 1. The van der Waals surface area contributed by atoms with Crippen LogP contribution in [-0.2, 0) is 14.3 Å². The maximum absolute atomic E-state index is 13.6. The van der Waals surface area contributed by atoms with Gasteiger partial charge in [0.2, 0.25) is 5.91 Å². The summed E-state index contributed by atoms with van der Waals surface area (Å²) in [5, 5.41) is 14.0. The van der Waals surface area contributed by atoms with Gasteiger partial charge in [-0.05, 0) is 32.4 Å². The standard InChI is InChI=1S/C22H24F2N2O6/c1-14(2)32-22(28)13-18(16-6-3-4-7-19(16)26(29)30)25-21(27)8-5-11-31-20-10-9-15(23)12-17(20)24/h3-4,6-7,9-10,12,14,18H,5,8,11,13H2,1-2H3,(H,25,27). The lowest BCUT2D eigenvalue weighted by molar-refractivity contribution is -0.385. The van der Waals surface area contributed by atoms with Crippen molar-refractivity contribution in [2.75, 3.05) is 6.61 Å². The third-order valence-electron chi connectivity index (χ3n) is 4.28. The molecule has 0 aliphatic rings. The highest BCUT2D eigenvalue weighted by molar-refractivity contribution is 5.78. The number of nitrogens with one attached hydrogen (secondary N) is 1. The molecule has 1 unspecified atom stereocenters. The Balaban J connectivity index is 2.01. The van der Waals surface area contributed by atoms with E-state index in [2.05, 4.69) is 5.32 Å². The molecule has 0 bridgehead atoms. The fourth-order valence-corrected chi connectivity index (χ4v) is 2.94. The summed E-state index contributed by atoms with van der Waals surface area (Å²) >= 11 is 0. The highest BCUT2D eigenvalue weighted by atomic mass is 19.1. The van der Waals surface area contributed by atoms with E-state index >= 15 is 0 Å². The summed E-state index contributed by atoms with van der Waals surface area (Å²) in [5.74, 6) is -2.81. The number of nitro groups is 1. The highest BCUT2D eigenvalue weighted by Gasteiger charge is 2.26. The molecule has 172 valence electrons. The minimum atomic E-state index is -0.967. The van der Waals surface area contributed by atoms with Gasteiger partial charge in [-0.25, -0.2) is 8.78 Å². The summed E-state index contributed by atoms with van der Waals surface area (Å²) in [6, 6.07) is 7.73. The molecule has 1 atom stereocenters. The van der Waals surface area contributed by atoms with Crippen LogP contribution in [0.4, 0.5) is 14.5 Å². The van der Waals surface area contributed by atoms with Gasteiger partial charge in [0.1, 0.15) is 5.82 Å². The Morgan fingerprint density at radius 1 is 1.16 bits per heavy atom. The van der Waals surface area contributed by atoms with Gasteiger partial charge in [0.15, 0.2) is 11.6 Å². The van der Waals surface area contributed by atoms with Crippen LogP contribution in [0.3, 0.4) is 0 Å². The summed E-state index contributed by atoms with van der Waals surface area (Å²) in [6.07, 6.45) is -0.512. The Kier molecular flexibility index (Phi) is 9.06. The first-order chi connectivity index (χ1) is 15.2. The third kappa shape index (κ3) is 7.60. The molecule has 0 fully saturated rings. The average Bonchev–Trinajstić information content (AvgIpc) is 2.71. The zero-order chi connectivity index (χ0) is 23.7. The van der Waals surface area contributed by atoms with E-state index in [-0.39, 0.29) is 49.0 Å². The summed E-state index contributed by atoms with van der Waals surface area (Å²) in [7, 11) is 0. The largest absolute Gasteiger partial charge is 0.491 e. The fraction of sp³-hybridized carbons (Fsp3) is 0.364. The molecule has 10 heteroatoms. The number of hydrogen-bond donors (Lipinski definition) is 1. The van der Waals surface area contributed by atoms with Crippen LogP contribution in [0.5, 0.6) is 5.75 Å². The molecule has 32 heavy (non-hydrogen) atoms. The normalized spacial score (nSPS) is 11.7. The van der Waals surface area contributed by atoms with Gasteiger partial charge in [-0.3, -0.25) is 19.7 Å². The molecule has 1 amide bonds. The Labute approximate surface area is 183 Å². The number of carbonyl (C=O) groups is 2. The van der Waals surface area contributed by atoms with Crippen LogP contribution in [0, 0.1) is 21.7 Å². The van der Waals surface area contributed by atoms with E-state index in [9.17, 15) is 28.5 Å². The molecule has 0 aliphatic heterocycles. The van der Waals surface area contributed by atoms with E-state index in [1.165, 1.54) is 18.2 Å². The van der Waals surface area contributed by atoms with Gasteiger partial charge in [0.05, 0.1) is 35.7 Å². The summed E-state index contributed by atoms with van der Waals surface area (Å²) in [4.78, 5) is 35.4. The number of hydrogen-bond acceptors (Lipinski definition) is 6. The first-order valence-electron chi connectivity index (χ1n) is 9.97. The summed E-state index contributed by atoms with van der Waals surface area (Å²) in [6.45, 7) is 3.32. The monoisotopic (exact) mass is 450 g/mol. The van der Waals surface area contributed by atoms with Crippen molar-refractivity contribution in [3.05, 3.63) is 69.8 Å². The van der Waals surface area contributed by atoms with Crippen molar-refractivity contribution in [2.45, 2.75) is 45.3 Å². The third-order valence-corrected chi connectivity index (χ3v) is 4.28. The quantitative estimate of drug-likeness (QED) is 0.238. The lowest BCUT2D eigenvalue weighted by Gasteiger charge is -2.19. The Bertz CT molecular complexity index is 967.